The minimum atomic E-state index is -1.72. The second kappa shape index (κ2) is 15.2. The molecule has 4 saturated heterocycles. The topological polar surface area (TPSA) is 206 Å². The van der Waals surface area contributed by atoms with Gasteiger partial charge in [-0.25, -0.2) is 0 Å². The maximum atomic E-state index is 12.4. The van der Waals surface area contributed by atoms with Gasteiger partial charge in [-0.2, -0.15) is 0 Å². The summed E-state index contributed by atoms with van der Waals surface area (Å²) >= 11 is 0. The predicted molar refractivity (Wildman–Crippen MR) is 195 cm³/mol. The minimum absolute atomic E-state index is 0.181. The number of fused-ring (bicyclic) bond motifs is 7. The van der Waals surface area contributed by atoms with Gasteiger partial charge in [-0.3, -0.25) is 4.79 Å². The lowest BCUT2D eigenvalue weighted by atomic mass is 9.44. The van der Waals surface area contributed by atoms with E-state index in [1.54, 1.807) is 0 Å². The third kappa shape index (κ3) is 6.74. The highest BCUT2D eigenvalue weighted by atomic mass is 16.7. The zero-order chi connectivity index (χ0) is 39.2. The molecule has 1 spiro atoms. The first kappa shape index (κ1) is 40.8. The summed E-state index contributed by atoms with van der Waals surface area (Å²) < 4.78 is 37.8. The number of ether oxygens (including phenoxy) is 6. The second-order valence-electron chi connectivity index (χ2n) is 19.4. The lowest BCUT2D eigenvalue weighted by Gasteiger charge is -2.61. The lowest BCUT2D eigenvalue weighted by molar-refractivity contribution is -0.352. The molecule has 4 saturated carbocycles. The highest BCUT2D eigenvalue weighted by Gasteiger charge is 2.69. The van der Waals surface area contributed by atoms with Crippen molar-refractivity contribution in [3.63, 3.8) is 0 Å². The van der Waals surface area contributed by atoms with Gasteiger partial charge in [0, 0.05) is 19.3 Å². The maximum absolute atomic E-state index is 12.4. The average molecular weight is 782 g/mol. The van der Waals surface area contributed by atoms with E-state index in [0.717, 1.165) is 45.1 Å². The van der Waals surface area contributed by atoms with E-state index in [1.165, 1.54) is 32.6 Å². The van der Waals surface area contributed by atoms with Crippen molar-refractivity contribution in [1.29, 1.82) is 0 Å². The number of rotatable bonds is 7. The summed E-state index contributed by atoms with van der Waals surface area (Å²) in [6.07, 6.45) is -2.00. The smallest absolute Gasteiger partial charge is 0.217 e. The van der Waals surface area contributed by atoms with Gasteiger partial charge in [0.15, 0.2) is 18.4 Å². The number of hydrogen-bond donors (Lipinski definition) is 7. The van der Waals surface area contributed by atoms with Gasteiger partial charge in [-0.15, -0.1) is 0 Å². The fourth-order valence-corrected chi connectivity index (χ4v) is 13.6. The van der Waals surface area contributed by atoms with Crippen LogP contribution in [0.25, 0.3) is 0 Å². The molecule has 22 atom stereocenters. The molecular weight excluding hydrogens is 714 g/mol. The van der Waals surface area contributed by atoms with Crippen molar-refractivity contribution in [2.24, 2.45) is 52.3 Å². The Bertz CT molecular complexity index is 1380. The van der Waals surface area contributed by atoms with E-state index < -0.39 is 86.3 Å². The van der Waals surface area contributed by atoms with E-state index in [4.69, 9.17) is 28.4 Å². The molecule has 7 N–H and O–H groups in total. The molecule has 0 bridgehead atoms. The van der Waals surface area contributed by atoms with Gasteiger partial charge in [0.05, 0.1) is 32.0 Å². The van der Waals surface area contributed by atoms with Crippen molar-refractivity contribution < 1.29 is 63.9 Å². The molecule has 0 aromatic heterocycles. The summed E-state index contributed by atoms with van der Waals surface area (Å²) in [6.45, 7) is 10.6. The normalized spacial score (nSPS) is 56.3. The van der Waals surface area contributed by atoms with Gasteiger partial charge >= 0.3 is 0 Å². The molecule has 0 unspecified atom stereocenters. The van der Waals surface area contributed by atoms with Crippen LogP contribution in [-0.2, 0) is 33.2 Å². The van der Waals surface area contributed by atoms with Crippen LogP contribution in [0.15, 0.2) is 0 Å². The van der Waals surface area contributed by atoms with Crippen LogP contribution in [-0.4, -0.2) is 136 Å². The number of nitrogens with one attached hydrogen (secondary N) is 1. The molecule has 14 heteroatoms. The van der Waals surface area contributed by atoms with E-state index in [2.05, 4.69) is 33.0 Å². The zero-order valence-electron chi connectivity index (χ0n) is 33.2. The van der Waals surface area contributed by atoms with Crippen molar-refractivity contribution in [2.75, 3.05) is 19.8 Å². The van der Waals surface area contributed by atoms with Gasteiger partial charge in [-0.05, 0) is 104 Å². The molecule has 314 valence electrons. The number of aliphatic hydroxyl groups excluding tert-OH is 6. The van der Waals surface area contributed by atoms with Gasteiger partial charge in [0.1, 0.15) is 48.8 Å². The summed E-state index contributed by atoms with van der Waals surface area (Å²) in [4.78, 5) is 12.4. The number of aliphatic hydroxyl groups is 6. The van der Waals surface area contributed by atoms with Crippen LogP contribution in [0.2, 0.25) is 0 Å². The maximum Gasteiger partial charge on any atom is 0.217 e. The average Bonchev–Trinajstić information content (AvgIpc) is 3.60. The molecule has 4 aliphatic heterocycles. The number of carbonyl (C=O) groups excluding carboxylic acids is 1. The van der Waals surface area contributed by atoms with E-state index in [0.29, 0.717) is 41.4 Å². The number of hydrogen-bond acceptors (Lipinski definition) is 13. The van der Waals surface area contributed by atoms with Crippen LogP contribution < -0.4 is 5.32 Å². The summed E-state index contributed by atoms with van der Waals surface area (Å²) in [5.74, 6) is 3.12. The van der Waals surface area contributed by atoms with Gasteiger partial charge in [0.25, 0.3) is 0 Å². The van der Waals surface area contributed by atoms with Crippen LogP contribution in [0.5, 0.6) is 0 Å². The van der Waals surface area contributed by atoms with E-state index in [9.17, 15) is 35.4 Å². The number of amides is 1. The van der Waals surface area contributed by atoms with Gasteiger partial charge < -0.3 is 64.4 Å². The number of carbonyl (C=O) groups is 1. The first-order chi connectivity index (χ1) is 26.1. The van der Waals surface area contributed by atoms with Gasteiger partial charge in [-0.1, -0.05) is 27.7 Å². The van der Waals surface area contributed by atoms with Gasteiger partial charge in [0.2, 0.25) is 5.91 Å². The molecule has 55 heavy (non-hydrogen) atoms. The third-order valence-corrected chi connectivity index (χ3v) is 16.6. The van der Waals surface area contributed by atoms with Crippen molar-refractivity contribution in [1.82, 2.24) is 5.32 Å². The van der Waals surface area contributed by atoms with E-state index >= 15 is 0 Å². The van der Waals surface area contributed by atoms with Crippen LogP contribution in [0.3, 0.4) is 0 Å². The first-order valence-electron chi connectivity index (χ1n) is 21.3. The fourth-order valence-electron chi connectivity index (χ4n) is 13.6. The van der Waals surface area contributed by atoms with Crippen molar-refractivity contribution in [3.8, 4) is 0 Å². The standard InChI is InChI=1S/C41H67NO13/c1-19-8-13-41(50-18-19)20(2)30-27(55-41)15-26-24-7-6-22-14-23(9-11-39(22,4)25(24)10-12-40(26,30)5)51-37-31(42-21(3)45)33(47)36(29(17-44)53-37)54-38-35(49)34(48)32(46)28(16-43)52-38/h19-20,22-38,43-44,46-49H,6-18H2,1-5H3,(H,42,45)/t19-,20+,22+,23+,24-,25+,26+,27+,28-,29-,30+,31-,32+,33-,34+,35-,36-,37-,38+,39+,40+,41-/m1/s1. The Labute approximate surface area is 324 Å². The van der Waals surface area contributed by atoms with Crippen molar-refractivity contribution >= 4 is 5.91 Å². The first-order valence-corrected chi connectivity index (χ1v) is 21.3. The lowest BCUT2D eigenvalue weighted by Crippen LogP contribution is -2.68. The van der Waals surface area contributed by atoms with E-state index in [-0.39, 0.29) is 23.0 Å². The summed E-state index contributed by atoms with van der Waals surface area (Å²) in [5, 5.41) is 65.5. The molecule has 8 fully saturated rings. The quantitative estimate of drug-likeness (QED) is 0.184. The molecule has 0 aromatic carbocycles. The fraction of sp³-hybridized carbons (Fsp3) is 0.976. The van der Waals surface area contributed by atoms with Crippen LogP contribution in [0, 0.1) is 52.3 Å². The Morgan fingerprint density at radius 3 is 2.20 bits per heavy atom. The summed E-state index contributed by atoms with van der Waals surface area (Å²) in [7, 11) is 0. The zero-order valence-corrected chi connectivity index (χ0v) is 33.2. The molecule has 4 aliphatic carbocycles. The SMILES string of the molecule is CC(=O)N[C@H]1[C@H](O[C@H]2CC[C@@]3(C)[C@@H](CC[C@@H]4[C@@H]3CC[C@]3(C)[C@@H]5[C@H](C[C@@H]43)O[C@]3(CC[C@@H](C)CO3)[C@H]5C)C2)O[C@H](CO)[C@@H](O[C@@H]2O[C@H](CO)[C@H](O)[C@H](O)[C@H]2O)[C@@H]1O. The largest absolute Gasteiger partial charge is 0.394 e. The Kier molecular flexibility index (Phi) is 11.3. The molecule has 8 aliphatic rings. The molecule has 4 heterocycles. The van der Waals surface area contributed by atoms with Crippen LogP contribution in [0.1, 0.15) is 98.8 Å². The van der Waals surface area contributed by atoms with Crippen molar-refractivity contribution in [3.05, 3.63) is 0 Å². The third-order valence-electron chi connectivity index (χ3n) is 16.6. The Hall–Kier alpha value is -1.01. The second-order valence-corrected chi connectivity index (χ2v) is 19.4. The molecule has 1 amide bonds. The van der Waals surface area contributed by atoms with Crippen LogP contribution >= 0.6 is 0 Å². The minimum Gasteiger partial charge on any atom is -0.394 e. The Morgan fingerprint density at radius 2 is 1.51 bits per heavy atom. The molecule has 14 nitrogen and oxygen atoms in total. The highest BCUT2D eigenvalue weighted by Crippen LogP contribution is 2.71. The monoisotopic (exact) mass is 781 g/mol. The molecule has 8 rings (SSSR count). The Balaban J connectivity index is 0.925. The molecule has 0 aromatic rings. The van der Waals surface area contributed by atoms with E-state index in [1.807, 2.05) is 0 Å². The summed E-state index contributed by atoms with van der Waals surface area (Å²) in [6, 6.07) is -1.08. The molecular formula is C41H67NO13. The van der Waals surface area contributed by atoms with Crippen LogP contribution in [0.4, 0.5) is 0 Å². The van der Waals surface area contributed by atoms with Crippen molar-refractivity contribution in [2.45, 2.75) is 178 Å². The summed E-state index contributed by atoms with van der Waals surface area (Å²) in [5.41, 5.74) is 0.441. The highest BCUT2D eigenvalue weighted by molar-refractivity contribution is 5.73. The molecule has 0 radical (unpaired) electrons. The predicted octanol–water partition coefficient (Wildman–Crippen LogP) is 1.59. The Morgan fingerprint density at radius 1 is 0.782 bits per heavy atom.